The lowest BCUT2D eigenvalue weighted by atomic mass is 10.2. The van der Waals surface area contributed by atoms with Crippen LogP contribution in [0.5, 0.6) is 17.2 Å². The summed E-state index contributed by atoms with van der Waals surface area (Å²) in [5, 5.41) is 10.1. The van der Waals surface area contributed by atoms with Crippen molar-refractivity contribution < 1.29 is 19.0 Å². The van der Waals surface area contributed by atoms with E-state index in [1.54, 1.807) is 42.5 Å². The average Bonchev–Trinajstić information content (AvgIpc) is 2.69. The molecule has 0 saturated carbocycles. The molecule has 5 N–H and O–H groups in total. The second-order valence-electron chi connectivity index (χ2n) is 5.70. The molecule has 9 nitrogen and oxygen atoms in total. The number of hydrogen-bond acceptors (Lipinski definition) is 6. The highest BCUT2D eigenvalue weighted by Crippen LogP contribution is 2.28. The first-order valence-corrected chi connectivity index (χ1v) is 9.06. The molecular weight excluding hydrogens is 374 g/mol. The fraction of sp³-hybridized carbons (Fsp3) is 0.250. The Labute approximate surface area is 169 Å². The fourth-order valence-corrected chi connectivity index (χ4v) is 2.30. The predicted molar refractivity (Wildman–Crippen MR) is 113 cm³/mol. The molecule has 0 radical (unpaired) electrons. The van der Waals surface area contributed by atoms with Crippen LogP contribution in [0.25, 0.3) is 0 Å². The van der Waals surface area contributed by atoms with E-state index in [1.165, 1.54) is 6.21 Å². The van der Waals surface area contributed by atoms with E-state index in [-0.39, 0.29) is 18.5 Å². The van der Waals surface area contributed by atoms with Gasteiger partial charge in [-0.2, -0.15) is 5.10 Å². The van der Waals surface area contributed by atoms with E-state index in [9.17, 15) is 4.79 Å². The number of nitrogens with two attached hydrogens (primary N) is 2. The van der Waals surface area contributed by atoms with Crippen molar-refractivity contribution in [1.29, 1.82) is 0 Å². The lowest BCUT2D eigenvalue weighted by molar-refractivity contribution is -0.118. The van der Waals surface area contributed by atoms with Gasteiger partial charge in [0.25, 0.3) is 5.91 Å². The van der Waals surface area contributed by atoms with Crippen LogP contribution in [0, 0.1) is 0 Å². The number of nitrogens with one attached hydrogen (secondary N) is 1. The molecule has 0 heterocycles. The van der Waals surface area contributed by atoms with Gasteiger partial charge >= 0.3 is 0 Å². The zero-order chi connectivity index (χ0) is 21.1. The molecule has 2 aromatic carbocycles. The van der Waals surface area contributed by atoms with Crippen LogP contribution in [0.1, 0.15) is 19.4 Å². The molecule has 29 heavy (non-hydrogen) atoms. The van der Waals surface area contributed by atoms with Gasteiger partial charge < -0.3 is 31.0 Å². The van der Waals surface area contributed by atoms with Gasteiger partial charge in [0.05, 0.1) is 19.4 Å². The number of carbonyl (C=O) groups excluding carboxylic acids is 1. The van der Waals surface area contributed by atoms with Crippen LogP contribution >= 0.6 is 0 Å². The maximum atomic E-state index is 12.2. The number of hydrogen-bond donors (Lipinski definition) is 3. The van der Waals surface area contributed by atoms with Crippen molar-refractivity contribution in [3.05, 3.63) is 48.0 Å². The fourth-order valence-electron chi connectivity index (χ4n) is 2.30. The van der Waals surface area contributed by atoms with Crippen molar-refractivity contribution in [1.82, 2.24) is 0 Å². The molecule has 0 aliphatic heterocycles. The van der Waals surface area contributed by atoms with E-state index in [0.29, 0.717) is 36.0 Å². The molecule has 0 spiro atoms. The minimum absolute atomic E-state index is 0.134. The Hall–Kier alpha value is -3.75. The molecule has 2 rings (SSSR count). The van der Waals surface area contributed by atoms with E-state index in [1.807, 2.05) is 13.8 Å². The van der Waals surface area contributed by atoms with E-state index in [0.717, 1.165) is 5.75 Å². The summed E-state index contributed by atoms with van der Waals surface area (Å²) < 4.78 is 16.6. The highest BCUT2D eigenvalue weighted by Gasteiger charge is 2.09. The number of amides is 1. The number of rotatable bonds is 10. The smallest absolute Gasteiger partial charge is 0.262 e. The number of ether oxygens (including phenoxy) is 3. The Kier molecular flexibility index (Phi) is 8.30. The standard InChI is InChI=1S/C20H25N5O4/c1-3-27-16-8-6-15(7-9-16)24-19(26)13-29-17-10-5-14(11-18(17)28-4-2)12-23-25-20(21)22/h5-12H,3-4,13H2,1-2H3,(H,24,26)(H4,21,22,25). The Morgan fingerprint density at radius 1 is 1.00 bits per heavy atom. The van der Waals surface area contributed by atoms with Gasteiger partial charge in [-0.1, -0.05) is 0 Å². The van der Waals surface area contributed by atoms with Crippen molar-refractivity contribution in [2.75, 3.05) is 25.1 Å². The predicted octanol–water partition coefficient (Wildman–Crippen LogP) is 2.11. The molecule has 0 unspecified atom stereocenters. The Bertz CT molecular complexity index is 862. The molecular formula is C20H25N5O4. The van der Waals surface area contributed by atoms with Crippen molar-refractivity contribution in [2.24, 2.45) is 21.7 Å². The summed E-state index contributed by atoms with van der Waals surface area (Å²) in [5.41, 5.74) is 11.8. The minimum atomic E-state index is -0.296. The van der Waals surface area contributed by atoms with Gasteiger partial charge in [0, 0.05) is 5.69 Å². The second-order valence-corrected chi connectivity index (χ2v) is 5.70. The largest absolute Gasteiger partial charge is 0.494 e. The molecule has 0 fully saturated rings. The van der Waals surface area contributed by atoms with Crippen LogP contribution in [0.15, 0.2) is 52.7 Å². The molecule has 0 aliphatic rings. The molecule has 0 saturated heterocycles. The zero-order valence-corrected chi connectivity index (χ0v) is 16.4. The Balaban J connectivity index is 1.98. The van der Waals surface area contributed by atoms with Crippen molar-refractivity contribution >= 4 is 23.8 Å². The number of anilines is 1. The van der Waals surface area contributed by atoms with Gasteiger partial charge in [0.2, 0.25) is 5.96 Å². The van der Waals surface area contributed by atoms with Crippen molar-refractivity contribution in [3.63, 3.8) is 0 Å². The summed E-state index contributed by atoms with van der Waals surface area (Å²) in [4.78, 5) is 12.2. The van der Waals surface area contributed by atoms with Gasteiger partial charge in [-0.25, -0.2) is 0 Å². The van der Waals surface area contributed by atoms with Gasteiger partial charge in [0.15, 0.2) is 18.1 Å². The molecule has 1 amide bonds. The number of guanidine groups is 1. The third-order valence-electron chi connectivity index (χ3n) is 3.46. The lowest BCUT2D eigenvalue weighted by Gasteiger charge is -2.13. The number of benzene rings is 2. The molecule has 154 valence electrons. The minimum Gasteiger partial charge on any atom is -0.494 e. The maximum Gasteiger partial charge on any atom is 0.262 e. The highest BCUT2D eigenvalue weighted by molar-refractivity contribution is 5.92. The first-order valence-electron chi connectivity index (χ1n) is 9.06. The molecule has 0 bridgehead atoms. The monoisotopic (exact) mass is 399 g/mol. The lowest BCUT2D eigenvalue weighted by Crippen LogP contribution is -2.21. The SMILES string of the molecule is CCOc1ccc(NC(=O)COc2ccc(C=NN=C(N)N)cc2OCC)cc1. The summed E-state index contributed by atoms with van der Waals surface area (Å²) in [5.74, 6) is 1.23. The summed E-state index contributed by atoms with van der Waals surface area (Å²) in [6.07, 6.45) is 1.48. The number of nitrogens with zero attached hydrogens (tertiary/aromatic N) is 2. The van der Waals surface area contributed by atoms with Crippen LogP contribution in [-0.2, 0) is 4.79 Å². The van der Waals surface area contributed by atoms with Crippen LogP contribution in [0.3, 0.4) is 0 Å². The summed E-state index contributed by atoms with van der Waals surface area (Å²) in [7, 11) is 0. The normalized spacial score (nSPS) is 10.4. The third kappa shape index (κ3) is 7.41. The molecule has 0 atom stereocenters. The van der Waals surface area contributed by atoms with Gasteiger partial charge in [-0.05, 0) is 61.9 Å². The highest BCUT2D eigenvalue weighted by atomic mass is 16.5. The van der Waals surface area contributed by atoms with E-state index >= 15 is 0 Å². The van der Waals surface area contributed by atoms with E-state index < -0.39 is 0 Å². The van der Waals surface area contributed by atoms with Crippen LogP contribution in [0.4, 0.5) is 5.69 Å². The zero-order valence-electron chi connectivity index (χ0n) is 16.4. The van der Waals surface area contributed by atoms with Crippen LogP contribution in [0.2, 0.25) is 0 Å². The van der Waals surface area contributed by atoms with E-state index in [2.05, 4.69) is 15.5 Å². The van der Waals surface area contributed by atoms with Gasteiger partial charge in [-0.15, -0.1) is 5.10 Å². The first kappa shape index (κ1) is 21.5. The maximum absolute atomic E-state index is 12.2. The topological polar surface area (TPSA) is 134 Å². The Morgan fingerprint density at radius 2 is 1.72 bits per heavy atom. The number of carbonyl (C=O) groups is 1. The second kappa shape index (κ2) is 11.2. The summed E-state index contributed by atoms with van der Waals surface area (Å²) >= 11 is 0. The molecule has 0 aromatic heterocycles. The van der Waals surface area contributed by atoms with Gasteiger partial charge in [-0.3, -0.25) is 4.79 Å². The van der Waals surface area contributed by atoms with Crippen LogP contribution in [-0.4, -0.2) is 37.9 Å². The molecule has 2 aromatic rings. The molecule has 9 heteroatoms. The average molecular weight is 399 g/mol. The van der Waals surface area contributed by atoms with Crippen molar-refractivity contribution in [2.45, 2.75) is 13.8 Å². The Morgan fingerprint density at radius 3 is 2.38 bits per heavy atom. The first-order chi connectivity index (χ1) is 14.0. The molecule has 0 aliphatic carbocycles. The quantitative estimate of drug-likeness (QED) is 0.318. The van der Waals surface area contributed by atoms with E-state index in [4.69, 9.17) is 25.7 Å². The van der Waals surface area contributed by atoms with Gasteiger partial charge in [0.1, 0.15) is 5.75 Å². The summed E-state index contributed by atoms with van der Waals surface area (Å²) in [6.45, 7) is 4.61. The summed E-state index contributed by atoms with van der Waals surface area (Å²) in [6, 6.07) is 12.2. The van der Waals surface area contributed by atoms with Crippen LogP contribution < -0.4 is 31.0 Å². The third-order valence-corrected chi connectivity index (χ3v) is 3.46. The van der Waals surface area contributed by atoms with Crippen molar-refractivity contribution in [3.8, 4) is 17.2 Å².